The molecule has 5 nitrogen and oxygen atoms in total. The van der Waals surface area contributed by atoms with Gasteiger partial charge < -0.3 is 15.2 Å². The van der Waals surface area contributed by atoms with Gasteiger partial charge in [0.05, 0.1) is 5.75 Å². The van der Waals surface area contributed by atoms with Gasteiger partial charge >= 0.3 is 0 Å². The second-order valence-electron chi connectivity index (χ2n) is 9.64. The van der Waals surface area contributed by atoms with Crippen LogP contribution in [0.15, 0.2) is 71.6 Å². The first kappa shape index (κ1) is 23.9. The number of carbonyl (C=O) groups excluding carboxylic acids is 2. The first-order valence-electron chi connectivity index (χ1n) is 11.6. The minimum atomic E-state index is -0.0665. The van der Waals surface area contributed by atoms with Crippen molar-refractivity contribution in [3.63, 3.8) is 0 Å². The zero-order valence-electron chi connectivity index (χ0n) is 20.1. The van der Waals surface area contributed by atoms with Crippen molar-refractivity contribution in [2.45, 2.75) is 45.6 Å². The summed E-state index contributed by atoms with van der Waals surface area (Å²) in [5.41, 5.74) is 3.84. The van der Waals surface area contributed by atoms with Gasteiger partial charge in [-0.25, -0.2) is 0 Å². The van der Waals surface area contributed by atoms with Gasteiger partial charge in [0, 0.05) is 51.0 Å². The minimum absolute atomic E-state index is 0.00721. The highest BCUT2D eigenvalue weighted by atomic mass is 32.2. The molecule has 176 valence electrons. The number of hydrogen-bond acceptors (Lipinski definition) is 3. The lowest BCUT2D eigenvalue weighted by Crippen LogP contribution is -2.19. The van der Waals surface area contributed by atoms with Crippen molar-refractivity contribution in [1.82, 2.24) is 4.57 Å². The van der Waals surface area contributed by atoms with Crippen molar-refractivity contribution >= 4 is 56.8 Å². The van der Waals surface area contributed by atoms with Crippen molar-refractivity contribution in [3.05, 3.63) is 66.7 Å². The second kappa shape index (κ2) is 9.94. The number of thioether (sulfide) groups is 1. The van der Waals surface area contributed by atoms with Crippen LogP contribution in [-0.2, 0) is 16.1 Å². The highest BCUT2D eigenvalue weighted by Crippen LogP contribution is 2.31. The smallest absolute Gasteiger partial charge is 0.234 e. The van der Waals surface area contributed by atoms with Gasteiger partial charge in [0.25, 0.3) is 0 Å². The Morgan fingerprint density at radius 2 is 1.53 bits per heavy atom. The van der Waals surface area contributed by atoms with Crippen molar-refractivity contribution in [1.29, 1.82) is 0 Å². The summed E-state index contributed by atoms with van der Waals surface area (Å²) in [6.07, 6.45) is 0.452. The van der Waals surface area contributed by atoms with Crippen LogP contribution in [-0.4, -0.2) is 22.1 Å². The lowest BCUT2D eigenvalue weighted by molar-refractivity contribution is -0.118. The Morgan fingerprint density at radius 1 is 0.824 bits per heavy atom. The molecule has 1 aromatic heterocycles. The van der Waals surface area contributed by atoms with Gasteiger partial charge in [-0.2, -0.15) is 0 Å². The molecule has 4 aromatic rings. The van der Waals surface area contributed by atoms with Gasteiger partial charge in [0.2, 0.25) is 11.8 Å². The van der Waals surface area contributed by atoms with E-state index in [1.807, 2.05) is 57.2 Å². The van der Waals surface area contributed by atoms with Gasteiger partial charge in [-0.05, 0) is 54.8 Å². The fraction of sp³-hybridized carbons (Fsp3) is 0.286. The van der Waals surface area contributed by atoms with E-state index in [2.05, 4.69) is 52.5 Å². The molecule has 0 saturated heterocycles. The summed E-state index contributed by atoms with van der Waals surface area (Å²) in [4.78, 5) is 25.8. The standard InChI is InChI=1S/C28H31N3O2S/c1-5-31-24-12-7-6-11-22(24)23-16-20(13-14-25(23)31)30-27(33)18-34-21-10-8-9-19(15-21)29-26(32)17-28(2,3)4/h6-16H,5,17-18H2,1-4H3,(H,29,32)(H,30,33). The maximum Gasteiger partial charge on any atom is 0.234 e. The van der Waals surface area contributed by atoms with E-state index in [0.717, 1.165) is 28.2 Å². The fourth-order valence-electron chi connectivity index (χ4n) is 4.17. The molecule has 3 aromatic carbocycles. The Kier molecular flexibility index (Phi) is 6.98. The van der Waals surface area contributed by atoms with Crippen molar-refractivity contribution < 1.29 is 9.59 Å². The van der Waals surface area contributed by atoms with E-state index >= 15 is 0 Å². The third kappa shape index (κ3) is 5.62. The van der Waals surface area contributed by atoms with Crippen LogP contribution < -0.4 is 10.6 Å². The third-order valence-corrected chi connectivity index (χ3v) is 6.54. The van der Waals surface area contributed by atoms with Crippen LogP contribution in [0.25, 0.3) is 21.8 Å². The topological polar surface area (TPSA) is 63.1 Å². The number of benzene rings is 3. The quantitative estimate of drug-likeness (QED) is 0.286. The molecule has 6 heteroatoms. The Morgan fingerprint density at radius 3 is 2.29 bits per heavy atom. The molecule has 4 rings (SSSR count). The summed E-state index contributed by atoms with van der Waals surface area (Å²) in [6.45, 7) is 9.15. The summed E-state index contributed by atoms with van der Waals surface area (Å²) in [7, 11) is 0. The molecule has 0 atom stereocenters. The molecule has 0 unspecified atom stereocenters. The van der Waals surface area contributed by atoms with E-state index in [4.69, 9.17) is 0 Å². The molecule has 0 aliphatic rings. The zero-order valence-corrected chi connectivity index (χ0v) is 21.0. The molecular weight excluding hydrogens is 442 g/mol. The molecule has 0 aliphatic carbocycles. The number of aryl methyl sites for hydroxylation is 1. The lowest BCUT2D eigenvalue weighted by Gasteiger charge is -2.17. The maximum atomic E-state index is 12.7. The second-order valence-corrected chi connectivity index (χ2v) is 10.7. The van der Waals surface area contributed by atoms with Crippen molar-refractivity contribution in [2.24, 2.45) is 5.41 Å². The average Bonchev–Trinajstić information content (AvgIpc) is 3.10. The lowest BCUT2D eigenvalue weighted by atomic mass is 9.92. The summed E-state index contributed by atoms with van der Waals surface area (Å²) >= 11 is 1.45. The minimum Gasteiger partial charge on any atom is -0.341 e. The van der Waals surface area contributed by atoms with E-state index in [1.165, 1.54) is 28.2 Å². The van der Waals surface area contributed by atoms with Crippen LogP contribution >= 0.6 is 11.8 Å². The Labute approximate surface area is 204 Å². The summed E-state index contributed by atoms with van der Waals surface area (Å²) in [5.74, 6) is 0.215. The molecule has 0 radical (unpaired) electrons. The van der Waals surface area contributed by atoms with Gasteiger partial charge in [-0.1, -0.05) is 45.0 Å². The summed E-state index contributed by atoms with van der Waals surface area (Å²) < 4.78 is 2.29. The van der Waals surface area contributed by atoms with Crippen molar-refractivity contribution in [3.8, 4) is 0 Å². The van der Waals surface area contributed by atoms with Gasteiger partial charge in [0.15, 0.2) is 0 Å². The van der Waals surface area contributed by atoms with Crippen LogP contribution in [0.1, 0.15) is 34.1 Å². The van der Waals surface area contributed by atoms with E-state index in [0.29, 0.717) is 6.42 Å². The highest BCUT2D eigenvalue weighted by Gasteiger charge is 2.16. The van der Waals surface area contributed by atoms with Gasteiger partial charge in [-0.15, -0.1) is 11.8 Å². The number of aromatic nitrogens is 1. The highest BCUT2D eigenvalue weighted by molar-refractivity contribution is 8.00. The molecule has 2 N–H and O–H groups in total. The van der Waals surface area contributed by atoms with E-state index in [1.54, 1.807) is 0 Å². The number of carbonyl (C=O) groups is 2. The molecule has 0 saturated carbocycles. The number of hydrogen-bond donors (Lipinski definition) is 2. The number of anilines is 2. The largest absolute Gasteiger partial charge is 0.341 e. The predicted molar refractivity (Wildman–Crippen MR) is 144 cm³/mol. The van der Waals surface area contributed by atoms with Gasteiger partial charge in [0.1, 0.15) is 0 Å². The molecular formula is C28H31N3O2S. The molecule has 0 fully saturated rings. The van der Waals surface area contributed by atoms with Crippen molar-refractivity contribution in [2.75, 3.05) is 16.4 Å². The molecule has 0 aliphatic heterocycles. The first-order valence-corrected chi connectivity index (χ1v) is 12.6. The Balaban J connectivity index is 1.41. The Hall–Kier alpha value is -3.25. The number of nitrogens with one attached hydrogen (secondary N) is 2. The zero-order chi connectivity index (χ0) is 24.3. The van der Waals surface area contributed by atoms with Crippen LogP contribution in [0.3, 0.4) is 0 Å². The fourth-order valence-corrected chi connectivity index (χ4v) is 4.92. The number of nitrogens with zero attached hydrogens (tertiary/aromatic N) is 1. The third-order valence-electron chi connectivity index (χ3n) is 5.55. The number of rotatable bonds is 7. The number of para-hydroxylation sites is 1. The van der Waals surface area contributed by atoms with E-state index in [9.17, 15) is 9.59 Å². The van der Waals surface area contributed by atoms with Gasteiger partial charge in [-0.3, -0.25) is 9.59 Å². The molecule has 0 bridgehead atoms. The van der Waals surface area contributed by atoms with E-state index < -0.39 is 0 Å². The maximum absolute atomic E-state index is 12.7. The first-order chi connectivity index (χ1) is 16.2. The van der Waals surface area contributed by atoms with Crippen LogP contribution in [0.2, 0.25) is 0 Å². The molecule has 1 heterocycles. The van der Waals surface area contributed by atoms with Crippen LogP contribution in [0.4, 0.5) is 11.4 Å². The SMILES string of the molecule is CCn1c2ccccc2c2cc(NC(=O)CSc3cccc(NC(=O)CC(C)(C)C)c3)ccc21. The monoisotopic (exact) mass is 473 g/mol. The average molecular weight is 474 g/mol. The molecule has 2 amide bonds. The molecule has 0 spiro atoms. The Bertz CT molecular complexity index is 1350. The van der Waals surface area contributed by atoms with Crippen LogP contribution in [0.5, 0.6) is 0 Å². The number of amides is 2. The predicted octanol–water partition coefficient (Wildman–Crippen LogP) is 6.92. The number of fused-ring (bicyclic) bond motifs is 3. The summed E-state index contributed by atoms with van der Waals surface area (Å²) in [6, 6.07) is 22.1. The van der Waals surface area contributed by atoms with Crippen LogP contribution in [0, 0.1) is 5.41 Å². The molecule has 34 heavy (non-hydrogen) atoms. The normalized spacial score (nSPS) is 11.6. The summed E-state index contributed by atoms with van der Waals surface area (Å²) in [5, 5.41) is 8.31. The van der Waals surface area contributed by atoms with E-state index in [-0.39, 0.29) is 23.0 Å².